The highest BCUT2D eigenvalue weighted by atomic mass is 16.5. The minimum absolute atomic E-state index is 0.00369. The number of rotatable bonds is 10. The number of amides is 1. The number of carbonyl (C=O) groups excluding carboxylic acids is 1. The fourth-order valence-corrected chi connectivity index (χ4v) is 2.52. The van der Waals surface area contributed by atoms with Gasteiger partial charge in [-0.05, 0) is 57.0 Å². The lowest BCUT2D eigenvalue weighted by Gasteiger charge is -2.14. The van der Waals surface area contributed by atoms with Gasteiger partial charge in [0.2, 0.25) is 5.91 Å². The van der Waals surface area contributed by atoms with Crippen LogP contribution >= 0.6 is 0 Å². The van der Waals surface area contributed by atoms with Crippen molar-refractivity contribution in [2.75, 3.05) is 13.7 Å². The molecule has 1 N–H and O–H groups in total. The molecule has 0 aromatic heterocycles. The smallest absolute Gasteiger partial charge is 0.220 e. The standard InChI is InChI=1S/C22H29NO4/c1-16(2)27-20-12-9-18(14-21(20)25-4)15-23-22(24)6-5-13-26-19-10-7-17(3)8-11-19/h7-12,14,16H,5-6,13,15H2,1-4H3,(H,23,24). The van der Waals surface area contributed by atoms with Crippen molar-refractivity contribution in [1.29, 1.82) is 0 Å². The molecule has 1 amide bonds. The van der Waals surface area contributed by atoms with Crippen LogP contribution in [-0.4, -0.2) is 25.7 Å². The van der Waals surface area contributed by atoms with E-state index in [4.69, 9.17) is 14.2 Å². The summed E-state index contributed by atoms with van der Waals surface area (Å²) < 4.78 is 16.7. The lowest BCUT2D eigenvalue weighted by molar-refractivity contribution is -0.121. The van der Waals surface area contributed by atoms with E-state index in [2.05, 4.69) is 5.32 Å². The summed E-state index contributed by atoms with van der Waals surface area (Å²) in [6, 6.07) is 13.6. The summed E-state index contributed by atoms with van der Waals surface area (Å²) in [5.41, 5.74) is 2.16. The topological polar surface area (TPSA) is 56.8 Å². The molecule has 0 radical (unpaired) electrons. The Morgan fingerprint density at radius 2 is 1.81 bits per heavy atom. The molecule has 0 aliphatic heterocycles. The molecule has 2 aromatic carbocycles. The van der Waals surface area contributed by atoms with Crippen LogP contribution in [0.2, 0.25) is 0 Å². The third-order valence-electron chi connectivity index (χ3n) is 3.92. The van der Waals surface area contributed by atoms with Crippen molar-refractivity contribution in [1.82, 2.24) is 5.32 Å². The van der Waals surface area contributed by atoms with E-state index >= 15 is 0 Å². The van der Waals surface area contributed by atoms with E-state index in [0.29, 0.717) is 37.5 Å². The van der Waals surface area contributed by atoms with Gasteiger partial charge >= 0.3 is 0 Å². The first kappa shape index (κ1) is 20.6. The Balaban J connectivity index is 1.72. The molecular formula is C22H29NO4. The average Bonchev–Trinajstić information content (AvgIpc) is 2.65. The molecule has 0 aliphatic rings. The molecule has 0 bridgehead atoms. The SMILES string of the molecule is COc1cc(CNC(=O)CCCOc2ccc(C)cc2)ccc1OC(C)C. The van der Waals surface area contributed by atoms with Crippen molar-refractivity contribution < 1.29 is 19.0 Å². The van der Waals surface area contributed by atoms with Crippen LogP contribution in [-0.2, 0) is 11.3 Å². The van der Waals surface area contributed by atoms with Crippen LogP contribution in [0.3, 0.4) is 0 Å². The molecular weight excluding hydrogens is 342 g/mol. The van der Waals surface area contributed by atoms with E-state index in [0.717, 1.165) is 11.3 Å². The van der Waals surface area contributed by atoms with Gasteiger partial charge in [-0.3, -0.25) is 4.79 Å². The second-order valence-corrected chi connectivity index (χ2v) is 6.69. The Bertz CT molecular complexity index is 726. The van der Waals surface area contributed by atoms with Crippen LogP contribution < -0.4 is 19.5 Å². The molecule has 2 rings (SSSR count). The second-order valence-electron chi connectivity index (χ2n) is 6.69. The van der Waals surface area contributed by atoms with Gasteiger partial charge in [0.25, 0.3) is 0 Å². The van der Waals surface area contributed by atoms with Crippen molar-refractivity contribution in [2.45, 2.75) is 46.3 Å². The largest absolute Gasteiger partial charge is 0.494 e. The zero-order valence-electron chi connectivity index (χ0n) is 16.6. The van der Waals surface area contributed by atoms with E-state index in [1.54, 1.807) is 7.11 Å². The van der Waals surface area contributed by atoms with Gasteiger partial charge in [0, 0.05) is 13.0 Å². The van der Waals surface area contributed by atoms with Crippen molar-refractivity contribution in [3.63, 3.8) is 0 Å². The van der Waals surface area contributed by atoms with E-state index in [9.17, 15) is 4.79 Å². The first-order valence-electron chi connectivity index (χ1n) is 9.27. The van der Waals surface area contributed by atoms with Crippen molar-refractivity contribution in [3.8, 4) is 17.2 Å². The summed E-state index contributed by atoms with van der Waals surface area (Å²) in [7, 11) is 1.61. The van der Waals surface area contributed by atoms with Crippen LogP contribution in [0, 0.1) is 6.92 Å². The molecule has 2 aromatic rings. The lowest BCUT2D eigenvalue weighted by atomic mass is 10.2. The van der Waals surface area contributed by atoms with Gasteiger partial charge in [-0.15, -0.1) is 0 Å². The van der Waals surface area contributed by atoms with Crippen LogP contribution in [0.5, 0.6) is 17.2 Å². The molecule has 146 valence electrons. The van der Waals surface area contributed by atoms with E-state index in [1.165, 1.54) is 5.56 Å². The molecule has 5 nitrogen and oxygen atoms in total. The zero-order chi connectivity index (χ0) is 19.6. The van der Waals surface area contributed by atoms with E-state index < -0.39 is 0 Å². The Morgan fingerprint density at radius 1 is 1.07 bits per heavy atom. The number of aryl methyl sites for hydroxylation is 1. The summed E-state index contributed by atoms with van der Waals surface area (Å²) >= 11 is 0. The van der Waals surface area contributed by atoms with Crippen molar-refractivity contribution >= 4 is 5.91 Å². The number of benzene rings is 2. The number of hydrogen-bond donors (Lipinski definition) is 1. The molecule has 27 heavy (non-hydrogen) atoms. The maximum Gasteiger partial charge on any atom is 0.220 e. The molecule has 0 unspecified atom stereocenters. The number of methoxy groups -OCH3 is 1. The highest BCUT2D eigenvalue weighted by Crippen LogP contribution is 2.28. The van der Waals surface area contributed by atoms with E-state index in [-0.39, 0.29) is 12.0 Å². The maximum absolute atomic E-state index is 12.0. The van der Waals surface area contributed by atoms with Crippen LogP contribution in [0.1, 0.15) is 37.8 Å². The molecule has 0 atom stereocenters. The molecule has 0 fully saturated rings. The van der Waals surface area contributed by atoms with Gasteiger partial charge in [-0.25, -0.2) is 0 Å². The fraction of sp³-hybridized carbons (Fsp3) is 0.409. The van der Waals surface area contributed by atoms with Crippen LogP contribution in [0.15, 0.2) is 42.5 Å². The molecule has 0 heterocycles. The van der Waals surface area contributed by atoms with Gasteiger partial charge < -0.3 is 19.5 Å². The summed E-state index contributed by atoms with van der Waals surface area (Å²) in [5, 5.41) is 2.93. The Labute approximate surface area is 161 Å². The van der Waals surface area contributed by atoms with Gasteiger partial charge in [0.15, 0.2) is 11.5 Å². The predicted molar refractivity (Wildman–Crippen MR) is 107 cm³/mol. The second kappa shape index (κ2) is 10.5. The highest BCUT2D eigenvalue weighted by Gasteiger charge is 2.08. The van der Waals surface area contributed by atoms with Crippen LogP contribution in [0.4, 0.5) is 0 Å². The van der Waals surface area contributed by atoms with Gasteiger partial charge in [-0.2, -0.15) is 0 Å². The number of carbonyl (C=O) groups is 1. The zero-order valence-corrected chi connectivity index (χ0v) is 16.6. The molecule has 0 saturated heterocycles. The summed E-state index contributed by atoms with van der Waals surface area (Å²) in [6.45, 7) is 6.95. The normalized spacial score (nSPS) is 10.6. The van der Waals surface area contributed by atoms with Gasteiger partial charge in [-0.1, -0.05) is 23.8 Å². The molecule has 0 aliphatic carbocycles. The number of ether oxygens (including phenoxy) is 3. The summed E-state index contributed by atoms with van der Waals surface area (Å²) in [6.07, 6.45) is 1.17. The minimum atomic E-state index is 0.00369. The van der Waals surface area contributed by atoms with E-state index in [1.807, 2.05) is 63.2 Å². The molecule has 0 saturated carbocycles. The van der Waals surface area contributed by atoms with Crippen LogP contribution in [0.25, 0.3) is 0 Å². The maximum atomic E-state index is 12.0. The van der Waals surface area contributed by atoms with Gasteiger partial charge in [0.1, 0.15) is 5.75 Å². The lowest BCUT2D eigenvalue weighted by Crippen LogP contribution is -2.23. The summed E-state index contributed by atoms with van der Waals surface area (Å²) in [5.74, 6) is 2.21. The quantitative estimate of drug-likeness (QED) is 0.634. The van der Waals surface area contributed by atoms with Gasteiger partial charge in [0.05, 0.1) is 19.8 Å². The van der Waals surface area contributed by atoms with Crippen molar-refractivity contribution in [3.05, 3.63) is 53.6 Å². The number of nitrogens with one attached hydrogen (secondary N) is 1. The highest BCUT2D eigenvalue weighted by molar-refractivity contribution is 5.75. The first-order chi connectivity index (χ1) is 13.0. The molecule has 0 spiro atoms. The Kier molecular flexibility index (Phi) is 7.99. The third kappa shape index (κ3) is 7.21. The predicted octanol–water partition coefficient (Wildman–Crippen LogP) is 4.27. The Morgan fingerprint density at radius 3 is 2.48 bits per heavy atom. The average molecular weight is 371 g/mol. The van der Waals surface area contributed by atoms with Crippen molar-refractivity contribution in [2.24, 2.45) is 0 Å². The summed E-state index contributed by atoms with van der Waals surface area (Å²) in [4.78, 5) is 12.0. The Hall–Kier alpha value is -2.69. The first-order valence-corrected chi connectivity index (χ1v) is 9.27. The fourth-order valence-electron chi connectivity index (χ4n) is 2.52. The number of hydrogen-bond acceptors (Lipinski definition) is 4. The third-order valence-corrected chi connectivity index (χ3v) is 3.92. The minimum Gasteiger partial charge on any atom is -0.494 e. The molecule has 5 heteroatoms. The monoisotopic (exact) mass is 371 g/mol.